The van der Waals surface area contributed by atoms with Gasteiger partial charge in [0.2, 0.25) is 0 Å². The quantitative estimate of drug-likeness (QED) is 0.384. The Morgan fingerprint density at radius 1 is 1.25 bits per heavy atom. The van der Waals surface area contributed by atoms with Gasteiger partial charge in [0.25, 0.3) is 0 Å². The molecular weight excluding hydrogens is 154 g/mol. The van der Waals surface area contributed by atoms with E-state index in [2.05, 4.69) is 15.7 Å². The molecule has 21 valence electrons. The summed E-state index contributed by atoms with van der Waals surface area (Å²) in [6.07, 6.45) is 0. The SMILES string of the molecule is [CaH2].[KH].[O]=[Co]. The fourth-order valence-corrected chi connectivity index (χ4v) is 0. The molecule has 0 aliphatic rings. The second-order valence-corrected chi connectivity index (χ2v) is 0. The molecule has 0 heterocycles. The predicted molar refractivity (Wildman–Crippen MR) is 16.4 cm³/mol. The number of rotatable bonds is 0. The van der Waals surface area contributed by atoms with Crippen LogP contribution in [0, 0.1) is 0 Å². The normalized spacial score (nSPS) is 1.25. The van der Waals surface area contributed by atoms with Gasteiger partial charge < -0.3 is 0 Å². The zero-order valence-electron chi connectivity index (χ0n) is 0.742. The van der Waals surface area contributed by atoms with Gasteiger partial charge >= 0.3 is 109 Å². The van der Waals surface area contributed by atoms with E-state index in [0.717, 1.165) is 0 Å². The maximum atomic E-state index is 7.94. The van der Waals surface area contributed by atoms with Crippen LogP contribution in [0.15, 0.2) is 0 Å². The van der Waals surface area contributed by atoms with E-state index < -0.39 is 0 Å². The van der Waals surface area contributed by atoms with Crippen LogP contribution in [0.5, 0.6) is 0 Å². The Morgan fingerprint density at radius 3 is 1.25 bits per heavy atom. The van der Waals surface area contributed by atoms with E-state index in [1.165, 1.54) is 0 Å². The predicted octanol–water partition coefficient (Wildman–Crippen LogP) is -1.69. The molecule has 0 saturated heterocycles. The van der Waals surface area contributed by atoms with E-state index in [-0.39, 0.29) is 89.1 Å². The van der Waals surface area contributed by atoms with Crippen molar-refractivity contribution < 1.29 is 19.5 Å². The Bertz CT molecular complexity index is 8.00. The second kappa shape index (κ2) is 16.4. The van der Waals surface area contributed by atoms with Gasteiger partial charge in [-0.2, -0.15) is 0 Å². The molecule has 0 aromatic heterocycles. The summed E-state index contributed by atoms with van der Waals surface area (Å²) in [4.78, 5) is 0. The molecule has 0 atom stereocenters. The van der Waals surface area contributed by atoms with Crippen LogP contribution in [0.1, 0.15) is 0 Å². The van der Waals surface area contributed by atoms with Crippen molar-refractivity contribution in [3.05, 3.63) is 0 Å². The molecular formula is H3CaCoKO. The van der Waals surface area contributed by atoms with Crippen LogP contribution < -0.4 is 0 Å². The Balaban J connectivity index is -0.00000000500. The summed E-state index contributed by atoms with van der Waals surface area (Å²) in [7, 11) is 0. The van der Waals surface area contributed by atoms with Crippen LogP contribution in [-0.4, -0.2) is 89.1 Å². The van der Waals surface area contributed by atoms with Gasteiger partial charge in [-0.15, -0.1) is 0 Å². The summed E-state index contributed by atoms with van der Waals surface area (Å²) in [5.41, 5.74) is 0. The Morgan fingerprint density at radius 2 is 1.25 bits per heavy atom. The van der Waals surface area contributed by atoms with Gasteiger partial charge in [0.15, 0.2) is 0 Å². The topological polar surface area (TPSA) is 17.1 Å². The maximum absolute atomic E-state index is 7.94. The molecule has 0 N–H and O–H groups in total. The molecule has 0 aromatic rings. The Hall–Kier alpha value is 3.20. The summed E-state index contributed by atoms with van der Waals surface area (Å²) >= 11 is 2.31. The minimum atomic E-state index is 0. The molecule has 0 saturated carbocycles. The van der Waals surface area contributed by atoms with Gasteiger partial charge in [0, 0.05) is 0 Å². The monoisotopic (exact) mass is 157 g/mol. The van der Waals surface area contributed by atoms with Gasteiger partial charge in [0.1, 0.15) is 0 Å². The van der Waals surface area contributed by atoms with E-state index in [9.17, 15) is 0 Å². The summed E-state index contributed by atoms with van der Waals surface area (Å²) in [6, 6.07) is 0. The first-order valence-electron chi connectivity index (χ1n) is 0.136. The first-order valence-corrected chi connectivity index (χ1v) is 0.561. The van der Waals surface area contributed by atoms with Crippen molar-refractivity contribution in [2.24, 2.45) is 0 Å². The van der Waals surface area contributed by atoms with Gasteiger partial charge in [-0.25, -0.2) is 0 Å². The molecule has 0 spiro atoms. The second-order valence-electron chi connectivity index (χ2n) is 0. The minimum absolute atomic E-state index is 0. The van der Waals surface area contributed by atoms with E-state index in [1.807, 2.05) is 0 Å². The summed E-state index contributed by atoms with van der Waals surface area (Å²) < 4.78 is 7.94. The molecule has 0 aliphatic carbocycles. The molecule has 0 fully saturated rings. The molecule has 0 rings (SSSR count). The zero-order chi connectivity index (χ0) is 2.00. The molecule has 0 aromatic carbocycles. The third-order valence-corrected chi connectivity index (χ3v) is 0. The fourth-order valence-electron chi connectivity index (χ4n) is 0. The van der Waals surface area contributed by atoms with E-state index >= 15 is 0 Å². The van der Waals surface area contributed by atoms with Crippen LogP contribution >= 0.6 is 0 Å². The van der Waals surface area contributed by atoms with E-state index in [0.29, 0.717) is 0 Å². The molecule has 4 heteroatoms. The van der Waals surface area contributed by atoms with Gasteiger partial charge in [-0.3, -0.25) is 0 Å². The zero-order valence-corrected chi connectivity index (χ0v) is 1.78. The average Bonchev–Trinajstić information content (AvgIpc) is 1.00. The molecule has 4 heavy (non-hydrogen) atoms. The molecule has 0 amide bonds. The summed E-state index contributed by atoms with van der Waals surface area (Å²) in [6.45, 7) is 0. The van der Waals surface area contributed by atoms with Crippen LogP contribution in [0.3, 0.4) is 0 Å². The first kappa shape index (κ1) is 15.7. The van der Waals surface area contributed by atoms with Gasteiger partial charge in [0.05, 0.1) is 0 Å². The number of hydrogen-bond acceptors (Lipinski definition) is 1. The van der Waals surface area contributed by atoms with E-state index in [1.54, 1.807) is 0 Å². The number of hydrogen-bond donors (Lipinski definition) is 0. The Kier molecular flexibility index (Phi) is 64.2. The van der Waals surface area contributed by atoms with Crippen LogP contribution in [-0.2, 0) is 19.5 Å². The van der Waals surface area contributed by atoms with Crippen molar-refractivity contribution in [3.63, 3.8) is 0 Å². The molecule has 0 aliphatic heterocycles. The standard InChI is InChI=1S/Ca.Co.K.O.3H. The Labute approximate surface area is 105 Å². The van der Waals surface area contributed by atoms with Crippen molar-refractivity contribution in [1.29, 1.82) is 0 Å². The van der Waals surface area contributed by atoms with Crippen LogP contribution in [0.2, 0.25) is 0 Å². The average molecular weight is 157 g/mol. The molecule has 0 radical (unpaired) electrons. The summed E-state index contributed by atoms with van der Waals surface area (Å²) in [5, 5.41) is 0. The van der Waals surface area contributed by atoms with Crippen LogP contribution in [0.25, 0.3) is 0 Å². The third kappa shape index (κ3) is 8.96. The van der Waals surface area contributed by atoms with Crippen LogP contribution in [0.4, 0.5) is 0 Å². The first-order chi connectivity index (χ1) is 1.00. The van der Waals surface area contributed by atoms with Gasteiger partial charge in [-0.05, 0) is 0 Å². The van der Waals surface area contributed by atoms with E-state index in [4.69, 9.17) is 3.87 Å². The van der Waals surface area contributed by atoms with Gasteiger partial charge in [-0.1, -0.05) is 0 Å². The fraction of sp³-hybridized carbons (Fsp3) is 0. The van der Waals surface area contributed by atoms with Crippen molar-refractivity contribution in [1.82, 2.24) is 0 Å². The third-order valence-electron chi connectivity index (χ3n) is 0. The molecule has 1 nitrogen and oxygen atoms in total. The van der Waals surface area contributed by atoms with Crippen molar-refractivity contribution in [2.75, 3.05) is 0 Å². The summed E-state index contributed by atoms with van der Waals surface area (Å²) in [5.74, 6) is 0. The molecule has 0 unspecified atom stereocenters. The molecule has 0 bridgehead atoms. The van der Waals surface area contributed by atoms with Crippen molar-refractivity contribution in [3.8, 4) is 0 Å². The van der Waals surface area contributed by atoms with Crippen molar-refractivity contribution >= 4 is 89.1 Å². The van der Waals surface area contributed by atoms with Crippen molar-refractivity contribution in [2.45, 2.75) is 0 Å².